The summed E-state index contributed by atoms with van der Waals surface area (Å²) in [5, 5.41) is 10.2. The molecule has 0 saturated carbocycles. The van der Waals surface area contributed by atoms with Crippen molar-refractivity contribution in [3.05, 3.63) is 0 Å². The van der Waals surface area contributed by atoms with E-state index in [2.05, 4.69) is 4.74 Å². The van der Waals surface area contributed by atoms with Crippen molar-refractivity contribution >= 4 is 5.97 Å². The molecule has 0 aliphatic rings. The topological polar surface area (TPSA) is 46.2 Å². The molecule has 1 radical (unpaired) electrons. The number of hydrogen-bond acceptors (Lipinski definition) is 2. The Hall–Kier alpha value is -0.570. The Bertz CT molecular complexity index is 88.3. The molecule has 3 nitrogen and oxygen atoms in total. The van der Waals surface area contributed by atoms with Crippen LogP contribution in [0.2, 0.25) is 0 Å². The summed E-state index contributed by atoms with van der Waals surface area (Å²) in [6.45, 7) is 3.16. The monoisotopic (exact) mass is 131 g/mol. The number of rotatable bonds is 3. The van der Waals surface area contributed by atoms with Gasteiger partial charge in [-0.3, -0.25) is 4.79 Å². The fourth-order valence-corrected chi connectivity index (χ4v) is 0.448. The number of carbonyl (C=O) groups excluding carboxylic acids is 1. The number of esters is 1. The third kappa shape index (κ3) is 5.30. The van der Waals surface area contributed by atoms with Crippen LogP contribution in [-0.4, -0.2) is 12.3 Å². The lowest BCUT2D eigenvalue weighted by Gasteiger charge is -2.02. The van der Waals surface area contributed by atoms with Gasteiger partial charge in [0.2, 0.25) is 6.29 Å². The van der Waals surface area contributed by atoms with Crippen molar-refractivity contribution in [1.82, 2.24) is 0 Å². The van der Waals surface area contributed by atoms with Crippen molar-refractivity contribution in [2.24, 2.45) is 0 Å². The van der Waals surface area contributed by atoms with Crippen molar-refractivity contribution in [2.75, 3.05) is 0 Å². The predicted molar refractivity (Wildman–Crippen MR) is 31.1 cm³/mol. The molecule has 53 valence electrons. The molecule has 9 heavy (non-hydrogen) atoms. The summed E-state index contributed by atoms with van der Waals surface area (Å²) in [5.41, 5.74) is 0. The predicted octanol–water partition coefficient (Wildman–Crippen LogP) is 1.11. The van der Waals surface area contributed by atoms with Gasteiger partial charge in [-0.25, -0.2) is 0 Å². The Morgan fingerprint density at radius 2 is 2.22 bits per heavy atom. The molecule has 0 aromatic rings. The van der Waals surface area contributed by atoms with Gasteiger partial charge in [0.1, 0.15) is 0 Å². The van der Waals surface area contributed by atoms with Gasteiger partial charge in [-0.1, -0.05) is 6.92 Å². The molecule has 0 rings (SSSR count). The molecular formula is C6H11O3. The minimum Gasteiger partial charge on any atom is -0.433 e. The van der Waals surface area contributed by atoms with E-state index in [0.717, 1.165) is 6.42 Å². The second-order valence-electron chi connectivity index (χ2n) is 1.81. The van der Waals surface area contributed by atoms with Gasteiger partial charge in [0.05, 0.1) is 0 Å². The van der Waals surface area contributed by atoms with Crippen LogP contribution in [-0.2, 0) is 14.6 Å². The first-order valence-electron chi connectivity index (χ1n) is 3.02. The van der Waals surface area contributed by atoms with E-state index in [1.165, 1.54) is 6.92 Å². The first-order valence-corrected chi connectivity index (χ1v) is 3.02. The van der Waals surface area contributed by atoms with E-state index in [0.29, 0.717) is 6.42 Å². The van der Waals surface area contributed by atoms with Crippen molar-refractivity contribution in [2.45, 2.75) is 33.0 Å². The first kappa shape index (κ1) is 8.43. The highest BCUT2D eigenvalue weighted by Crippen LogP contribution is 1.93. The largest absolute Gasteiger partial charge is 0.433 e. The quantitative estimate of drug-likeness (QED) is 0.425. The van der Waals surface area contributed by atoms with Gasteiger partial charge >= 0.3 is 5.97 Å². The highest BCUT2D eigenvalue weighted by molar-refractivity contribution is 5.69. The molecule has 1 atom stereocenters. The van der Waals surface area contributed by atoms with Crippen LogP contribution >= 0.6 is 0 Å². The Kier molecular flexibility index (Phi) is 4.05. The van der Waals surface area contributed by atoms with Crippen molar-refractivity contribution in [3.63, 3.8) is 0 Å². The van der Waals surface area contributed by atoms with Crippen LogP contribution in [0.3, 0.4) is 0 Å². The zero-order chi connectivity index (χ0) is 7.28. The van der Waals surface area contributed by atoms with Crippen LogP contribution in [0.5, 0.6) is 0 Å². The molecule has 0 heterocycles. The third-order valence-electron chi connectivity index (χ3n) is 0.752. The van der Waals surface area contributed by atoms with E-state index in [4.69, 9.17) is 0 Å². The molecule has 0 N–H and O–H groups in total. The Labute approximate surface area is 54.6 Å². The van der Waals surface area contributed by atoms with Gasteiger partial charge in [0.25, 0.3) is 0 Å². The van der Waals surface area contributed by atoms with E-state index >= 15 is 0 Å². The normalized spacial score (nSPS) is 12.8. The van der Waals surface area contributed by atoms with Gasteiger partial charge < -0.3 is 4.74 Å². The summed E-state index contributed by atoms with van der Waals surface area (Å²) >= 11 is 0. The van der Waals surface area contributed by atoms with Gasteiger partial charge in [-0.05, 0) is 6.42 Å². The molecule has 3 heteroatoms. The van der Waals surface area contributed by atoms with Gasteiger partial charge in [0, 0.05) is 13.3 Å². The van der Waals surface area contributed by atoms with E-state index in [9.17, 15) is 9.90 Å². The lowest BCUT2D eigenvalue weighted by molar-refractivity contribution is -0.174. The van der Waals surface area contributed by atoms with Crippen molar-refractivity contribution in [1.29, 1.82) is 0 Å². The lowest BCUT2D eigenvalue weighted by Crippen LogP contribution is -2.11. The first-order chi connectivity index (χ1) is 4.16. The maximum absolute atomic E-state index is 10.4. The molecule has 0 spiro atoms. The highest BCUT2D eigenvalue weighted by atomic mass is 16.6. The number of carbonyl (C=O) groups is 1. The second kappa shape index (κ2) is 4.32. The molecule has 0 aromatic heterocycles. The Balaban J connectivity index is 3.27. The molecule has 0 fully saturated rings. The molecule has 0 aliphatic carbocycles. The van der Waals surface area contributed by atoms with Crippen LogP contribution in [0.4, 0.5) is 0 Å². The molecular weight excluding hydrogens is 120 g/mol. The van der Waals surface area contributed by atoms with E-state index in [-0.39, 0.29) is 0 Å². The lowest BCUT2D eigenvalue weighted by atomic mass is 10.3. The van der Waals surface area contributed by atoms with E-state index < -0.39 is 12.3 Å². The van der Waals surface area contributed by atoms with Gasteiger partial charge in [-0.15, -0.1) is 0 Å². The second-order valence-corrected chi connectivity index (χ2v) is 1.81. The number of ether oxygens (including phenoxy) is 1. The molecule has 0 bridgehead atoms. The Morgan fingerprint density at radius 1 is 1.67 bits per heavy atom. The molecule has 0 aliphatic heterocycles. The van der Waals surface area contributed by atoms with Crippen molar-refractivity contribution < 1.29 is 14.6 Å². The zero-order valence-corrected chi connectivity index (χ0v) is 5.72. The standard InChI is InChI=1S/C6H11O3/c1-3-4-6(8)9-5(2)7/h5H,3-4H2,1-2H3. The third-order valence-corrected chi connectivity index (χ3v) is 0.752. The SMILES string of the molecule is CCCC(=O)OC(C)[O]. The van der Waals surface area contributed by atoms with Gasteiger partial charge in [0.15, 0.2) is 0 Å². The molecule has 0 saturated heterocycles. The van der Waals surface area contributed by atoms with Gasteiger partial charge in [-0.2, -0.15) is 5.11 Å². The molecule has 0 amide bonds. The van der Waals surface area contributed by atoms with E-state index in [1.807, 2.05) is 6.92 Å². The summed E-state index contributed by atoms with van der Waals surface area (Å²) in [7, 11) is 0. The summed E-state index contributed by atoms with van der Waals surface area (Å²) in [4.78, 5) is 10.4. The van der Waals surface area contributed by atoms with Crippen LogP contribution in [0.25, 0.3) is 0 Å². The summed E-state index contributed by atoms with van der Waals surface area (Å²) in [5.74, 6) is -0.403. The number of hydrogen-bond donors (Lipinski definition) is 0. The Morgan fingerprint density at radius 3 is 2.56 bits per heavy atom. The minimum absolute atomic E-state index is 0.340. The van der Waals surface area contributed by atoms with Crippen LogP contribution in [0, 0.1) is 0 Å². The fourth-order valence-electron chi connectivity index (χ4n) is 0.448. The average molecular weight is 131 g/mol. The van der Waals surface area contributed by atoms with Crippen LogP contribution in [0.1, 0.15) is 26.7 Å². The summed E-state index contributed by atoms with van der Waals surface area (Å²) < 4.78 is 4.30. The average Bonchev–Trinajstić information content (AvgIpc) is 1.63. The maximum Gasteiger partial charge on any atom is 0.308 e. The molecule has 0 aromatic carbocycles. The summed E-state index contributed by atoms with van der Waals surface area (Å²) in [6.07, 6.45) is -0.151. The smallest absolute Gasteiger partial charge is 0.308 e. The highest BCUT2D eigenvalue weighted by Gasteiger charge is 2.04. The van der Waals surface area contributed by atoms with Crippen LogP contribution in [0.15, 0.2) is 0 Å². The fraction of sp³-hybridized carbons (Fsp3) is 0.833. The van der Waals surface area contributed by atoms with E-state index in [1.54, 1.807) is 0 Å². The zero-order valence-electron chi connectivity index (χ0n) is 5.72. The van der Waals surface area contributed by atoms with Crippen LogP contribution < -0.4 is 0 Å². The van der Waals surface area contributed by atoms with Crippen molar-refractivity contribution in [3.8, 4) is 0 Å². The molecule has 1 unspecified atom stereocenters. The maximum atomic E-state index is 10.4. The minimum atomic E-state index is -1.22. The summed E-state index contributed by atoms with van der Waals surface area (Å²) in [6, 6.07) is 0.